The number of aliphatic hydroxyl groups excluding tert-OH is 1. The quantitative estimate of drug-likeness (QED) is 0.288. The van der Waals surface area contributed by atoms with Gasteiger partial charge in [-0.2, -0.15) is 0 Å². The summed E-state index contributed by atoms with van der Waals surface area (Å²) in [5.41, 5.74) is 0.750. The lowest BCUT2D eigenvalue weighted by molar-refractivity contribution is -0.139. The van der Waals surface area contributed by atoms with Crippen LogP contribution in [0.5, 0.6) is 23.0 Å². The van der Waals surface area contributed by atoms with Gasteiger partial charge < -0.3 is 33.9 Å². The second-order valence-electron chi connectivity index (χ2n) is 8.46. The van der Waals surface area contributed by atoms with Crippen LogP contribution in [0.1, 0.15) is 23.6 Å². The first-order chi connectivity index (χ1) is 17.2. The van der Waals surface area contributed by atoms with Crippen molar-refractivity contribution in [2.24, 2.45) is 0 Å². The highest BCUT2D eigenvalue weighted by atomic mass is 35.5. The number of halogens is 1. The zero-order chi connectivity index (χ0) is 26.6. The Morgan fingerprint density at radius 1 is 0.972 bits per heavy atom. The number of benzene rings is 2. The average Bonchev–Trinajstić information content (AvgIpc) is 3.12. The van der Waals surface area contributed by atoms with E-state index in [4.69, 9.17) is 30.5 Å². The van der Waals surface area contributed by atoms with E-state index >= 15 is 0 Å². The van der Waals surface area contributed by atoms with Crippen molar-refractivity contribution in [3.05, 3.63) is 52.1 Å². The van der Waals surface area contributed by atoms with Crippen molar-refractivity contribution in [1.29, 1.82) is 0 Å². The first-order valence-electron chi connectivity index (χ1n) is 11.2. The number of rotatable bonds is 10. The normalized spacial score (nSPS) is 17.0. The van der Waals surface area contributed by atoms with Gasteiger partial charge >= 0.3 is 0 Å². The summed E-state index contributed by atoms with van der Waals surface area (Å²) in [5, 5.41) is 11.6. The van der Waals surface area contributed by atoms with Crippen LogP contribution < -0.4 is 18.9 Å². The minimum absolute atomic E-state index is 0.0552. The molecule has 1 N–H and O–H groups in total. The molecule has 1 atom stereocenters. The third-order valence-corrected chi connectivity index (χ3v) is 6.27. The van der Waals surface area contributed by atoms with Gasteiger partial charge in [0, 0.05) is 12.1 Å². The maximum absolute atomic E-state index is 13.3. The number of carbonyl (C=O) groups excluding carboxylic acids is 2. The van der Waals surface area contributed by atoms with Crippen LogP contribution in [0.2, 0.25) is 5.02 Å². The molecule has 0 unspecified atom stereocenters. The number of amides is 1. The molecule has 3 rings (SSSR count). The number of ether oxygens (including phenoxy) is 4. The molecule has 2 aromatic carbocycles. The maximum Gasteiger partial charge on any atom is 0.295 e. The largest absolute Gasteiger partial charge is 0.507 e. The molecule has 194 valence electrons. The van der Waals surface area contributed by atoms with Gasteiger partial charge in [-0.1, -0.05) is 11.6 Å². The molecule has 0 bridgehead atoms. The summed E-state index contributed by atoms with van der Waals surface area (Å²) in [6.07, 6.45) is 0.620. The number of aliphatic hydroxyl groups is 1. The van der Waals surface area contributed by atoms with Gasteiger partial charge in [0.2, 0.25) is 5.75 Å². The molecule has 1 aliphatic rings. The molecule has 1 fully saturated rings. The van der Waals surface area contributed by atoms with E-state index in [1.165, 1.54) is 39.4 Å². The summed E-state index contributed by atoms with van der Waals surface area (Å²) in [6.45, 7) is 1.00. The van der Waals surface area contributed by atoms with E-state index in [-0.39, 0.29) is 21.9 Å². The molecule has 0 aromatic heterocycles. The molecular formula is C26H31ClN2O7. The van der Waals surface area contributed by atoms with Crippen LogP contribution in [-0.2, 0) is 9.59 Å². The molecule has 2 aromatic rings. The van der Waals surface area contributed by atoms with Gasteiger partial charge in [0.25, 0.3) is 11.7 Å². The van der Waals surface area contributed by atoms with Crippen LogP contribution in [0, 0.1) is 0 Å². The highest BCUT2D eigenvalue weighted by Gasteiger charge is 2.46. The molecule has 1 aliphatic heterocycles. The molecule has 0 spiro atoms. The zero-order valence-corrected chi connectivity index (χ0v) is 22.0. The van der Waals surface area contributed by atoms with Crippen LogP contribution in [0.15, 0.2) is 35.9 Å². The number of hydrogen-bond acceptors (Lipinski definition) is 8. The van der Waals surface area contributed by atoms with Crippen LogP contribution >= 0.6 is 11.6 Å². The number of hydrogen-bond donors (Lipinski definition) is 1. The Morgan fingerprint density at radius 3 is 2.08 bits per heavy atom. The fourth-order valence-corrected chi connectivity index (χ4v) is 4.50. The lowest BCUT2D eigenvalue weighted by Gasteiger charge is -2.27. The van der Waals surface area contributed by atoms with Crippen molar-refractivity contribution < 1.29 is 33.6 Å². The second-order valence-corrected chi connectivity index (χ2v) is 8.86. The van der Waals surface area contributed by atoms with Crippen molar-refractivity contribution in [3.8, 4) is 23.0 Å². The summed E-state index contributed by atoms with van der Waals surface area (Å²) >= 11 is 6.27. The maximum atomic E-state index is 13.3. The van der Waals surface area contributed by atoms with E-state index in [0.29, 0.717) is 48.1 Å². The summed E-state index contributed by atoms with van der Waals surface area (Å²) in [7, 11) is 9.78. The van der Waals surface area contributed by atoms with Crippen molar-refractivity contribution in [1.82, 2.24) is 9.80 Å². The Morgan fingerprint density at radius 2 is 1.58 bits per heavy atom. The minimum Gasteiger partial charge on any atom is -0.507 e. The van der Waals surface area contributed by atoms with Crippen molar-refractivity contribution in [3.63, 3.8) is 0 Å². The van der Waals surface area contributed by atoms with Crippen molar-refractivity contribution in [2.45, 2.75) is 12.5 Å². The monoisotopic (exact) mass is 518 g/mol. The first kappa shape index (κ1) is 27.2. The van der Waals surface area contributed by atoms with E-state index in [0.717, 1.165) is 0 Å². The Labute approximate surface area is 215 Å². The SMILES string of the molecule is COc1ccc(C(O)=C2C(=O)C(=O)N(CCCN(C)C)[C@H]2c2cc(OC)c(OC)c(OC)c2)cc1Cl. The molecule has 1 amide bonds. The van der Waals surface area contributed by atoms with E-state index in [2.05, 4.69) is 0 Å². The lowest BCUT2D eigenvalue weighted by Crippen LogP contribution is -2.32. The van der Waals surface area contributed by atoms with Crippen LogP contribution in [0.4, 0.5) is 0 Å². The fraction of sp³-hybridized carbons (Fsp3) is 0.385. The number of carbonyl (C=O) groups is 2. The first-order valence-corrected chi connectivity index (χ1v) is 11.6. The minimum atomic E-state index is -0.887. The summed E-state index contributed by atoms with van der Waals surface area (Å²) in [4.78, 5) is 29.9. The average molecular weight is 519 g/mol. The van der Waals surface area contributed by atoms with Gasteiger partial charge in [0.15, 0.2) is 11.5 Å². The third-order valence-electron chi connectivity index (χ3n) is 5.97. The summed E-state index contributed by atoms with van der Waals surface area (Å²) < 4.78 is 21.6. The van der Waals surface area contributed by atoms with Gasteiger partial charge in [0.1, 0.15) is 11.5 Å². The van der Waals surface area contributed by atoms with Crippen molar-refractivity contribution >= 4 is 29.1 Å². The van der Waals surface area contributed by atoms with Gasteiger partial charge in [-0.25, -0.2) is 0 Å². The summed E-state index contributed by atoms with van der Waals surface area (Å²) in [6, 6.07) is 7.10. The van der Waals surface area contributed by atoms with Crippen LogP contribution in [0.3, 0.4) is 0 Å². The van der Waals surface area contributed by atoms with E-state index in [9.17, 15) is 14.7 Å². The molecular weight excluding hydrogens is 488 g/mol. The van der Waals surface area contributed by atoms with Crippen LogP contribution in [0.25, 0.3) is 5.76 Å². The predicted octanol–water partition coefficient (Wildman–Crippen LogP) is 3.75. The molecule has 1 heterocycles. The topological polar surface area (TPSA) is 97.8 Å². The molecule has 36 heavy (non-hydrogen) atoms. The lowest BCUT2D eigenvalue weighted by atomic mass is 9.94. The van der Waals surface area contributed by atoms with E-state index in [1.807, 2.05) is 19.0 Å². The second kappa shape index (κ2) is 11.5. The molecule has 0 aliphatic carbocycles. The molecule has 9 nitrogen and oxygen atoms in total. The zero-order valence-electron chi connectivity index (χ0n) is 21.3. The molecule has 1 saturated heterocycles. The fourth-order valence-electron chi connectivity index (χ4n) is 4.24. The molecule has 0 saturated carbocycles. The standard InChI is InChI=1S/C26H31ClN2O7/c1-28(2)10-7-11-29-22(16-13-19(34-4)25(36-6)20(14-16)35-5)21(24(31)26(29)32)23(30)15-8-9-18(33-3)17(27)12-15/h8-9,12-14,22,30H,7,10-11H2,1-6H3/t22-/m0/s1. The Kier molecular flexibility index (Phi) is 8.70. The number of ketones is 1. The Hall–Kier alpha value is -3.43. The van der Waals surface area contributed by atoms with Crippen molar-refractivity contribution in [2.75, 3.05) is 55.6 Å². The Balaban J connectivity index is 2.23. The number of Topliss-reactive ketones (excluding diaryl/α,β-unsaturated/α-hetero) is 1. The number of likely N-dealkylation sites (tertiary alicyclic amines) is 1. The van der Waals surface area contributed by atoms with Gasteiger partial charge in [-0.15, -0.1) is 0 Å². The van der Waals surface area contributed by atoms with E-state index in [1.54, 1.807) is 24.3 Å². The highest BCUT2D eigenvalue weighted by Crippen LogP contribution is 2.46. The van der Waals surface area contributed by atoms with E-state index < -0.39 is 17.7 Å². The smallest absolute Gasteiger partial charge is 0.295 e. The summed E-state index contributed by atoms with van der Waals surface area (Å²) in [5.74, 6) is -0.325. The molecule has 10 heteroatoms. The highest BCUT2D eigenvalue weighted by molar-refractivity contribution is 6.46. The van der Waals surface area contributed by atoms with Crippen LogP contribution in [-0.4, -0.2) is 82.2 Å². The predicted molar refractivity (Wildman–Crippen MR) is 136 cm³/mol. The molecule has 0 radical (unpaired) electrons. The van der Waals surface area contributed by atoms with Gasteiger partial charge in [-0.3, -0.25) is 9.59 Å². The Bertz CT molecular complexity index is 1150. The van der Waals surface area contributed by atoms with Gasteiger partial charge in [-0.05, 0) is 63.0 Å². The number of nitrogens with zero attached hydrogens (tertiary/aromatic N) is 2. The number of methoxy groups -OCH3 is 4. The van der Waals surface area contributed by atoms with Gasteiger partial charge in [0.05, 0.1) is 45.1 Å². The third kappa shape index (κ3) is 5.22.